The highest BCUT2D eigenvalue weighted by atomic mass is 16.2. The number of nitrogens with one attached hydrogen (secondary N) is 2. The molecular formula is C10H15N3O2. The van der Waals surface area contributed by atoms with E-state index in [1.54, 1.807) is 0 Å². The first-order valence-electron chi connectivity index (χ1n) is 5.19. The zero-order valence-corrected chi connectivity index (χ0v) is 8.96. The van der Waals surface area contributed by atoms with Crippen molar-refractivity contribution in [2.24, 2.45) is 10.4 Å². The second-order valence-electron chi connectivity index (χ2n) is 4.78. The van der Waals surface area contributed by atoms with Crippen LogP contribution >= 0.6 is 0 Å². The van der Waals surface area contributed by atoms with Gasteiger partial charge in [0.05, 0.1) is 6.04 Å². The summed E-state index contributed by atoms with van der Waals surface area (Å²) in [6.45, 7) is 4.32. The Kier molecular flexibility index (Phi) is 2.25. The van der Waals surface area contributed by atoms with Crippen LogP contribution in [0.5, 0.6) is 0 Å². The first kappa shape index (κ1) is 10.1. The molecule has 1 saturated carbocycles. The zero-order valence-electron chi connectivity index (χ0n) is 8.96. The number of guanidine groups is 1. The molecule has 0 spiro atoms. The van der Waals surface area contributed by atoms with Crippen molar-refractivity contribution < 1.29 is 9.59 Å². The van der Waals surface area contributed by atoms with Crippen LogP contribution in [0.25, 0.3) is 0 Å². The number of amides is 2. The van der Waals surface area contributed by atoms with Gasteiger partial charge in [-0.25, -0.2) is 4.99 Å². The average molecular weight is 209 g/mol. The van der Waals surface area contributed by atoms with E-state index in [0.29, 0.717) is 5.96 Å². The van der Waals surface area contributed by atoms with E-state index in [9.17, 15) is 9.59 Å². The van der Waals surface area contributed by atoms with Crippen LogP contribution in [0.2, 0.25) is 0 Å². The fraction of sp³-hybridized carbons (Fsp3) is 0.700. The Morgan fingerprint density at radius 3 is 2.33 bits per heavy atom. The fourth-order valence-corrected chi connectivity index (χ4v) is 2.13. The van der Waals surface area contributed by atoms with Crippen LogP contribution in [-0.4, -0.2) is 23.8 Å². The highest BCUT2D eigenvalue weighted by molar-refractivity contribution is 6.45. The SMILES string of the molecule is CC1(C)CCCC1N=C1NC(=O)C(=O)N1. The number of hydrogen-bond acceptors (Lipinski definition) is 3. The lowest BCUT2D eigenvalue weighted by molar-refractivity contribution is -0.135. The van der Waals surface area contributed by atoms with Gasteiger partial charge in [-0.2, -0.15) is 0 Å². The van der Waals surface area contributed by atoms with Crippen LogP contribution < -0.4 is 10.6 Å². The largest absolute Gasteiger partial charge is 0.316 e. The first-order valence-corrected chi connectivity index (χ1v) is 5.19. The van der Waals surface area contributed by atoms with E-state index in [0.717, 1.165) is 19.3 Å². The molecule has 0 aromatic carbocycles. The van der Waals surface area contributed by atoms with E-state index in [1.807, 2.05) is 0 Å². The molecule has 0 aromatic rings. The van der Waals surface area contributed by atoms with E-state index in [1.165, 1.54) is 0 Å². The van der Waals surface area contributed by atoms with Gasteiger partial charge in [0.1, 0.15) is 0 Å². The molecule has 0 radical (unpaired) electrons. The van der Waals surface area contributed by atoms with Crippen molar-refractivity contribution >= 4 is 17.8 Å². The molecular weight excluding hydrogens is 194 g/mol. The topological polar surface area (TPSA) is 70.6 Å². The Morgan fingerprint density at radius 1 is 1.27 bits per heavy atom. The Hall–Kier alpha value is -1.39. The summed E-state index contributed by atoms with van der Waals surface area (Å²) in [5.41, 5.74) is 0.158. The molecule has 2 fully saturated rings. The maximum atomic E-state index is 10.9. The second-order valence-corrected chi connectivity index (χ2v) is 4.78. The lowest BCUT2D eigenvalue weighted by Gasteiger charge is -2.23. The summed E-state index contributed by atoms with van der Waals surface area (Å²) in [5, 5.41) is 4.84. The van der Waals surface area contributed by atoms with Crippen LogP contribution in [0.4, 0.5) is 0 Å². The molecule has 82 valence electrons. The molecule has 2 rings (SSSR count). The summed E-state index contributed by atoms with van der Waals surface area (Å²) in [5.74, 6) is -0.931. The number of hydrogen-bond donors (Lipinski definition) is 2. The molecule has 1 atom stereocenters. The molecule has 0 aromatic heterocycles. The Labute approximate surface area is 88.3 Å². The van der Waals surface area contributed by atoms with Crippen molar-refractivity contribution in [2.75, 3.05) is 0 Å². The lowest BCUT2D eigenvalue weighted by atomic mass is 9.88. The van der Waals surface area contributed by atoms with Gasteiger partial charge in [-0.05, 0) is 18.3 Å². The van der Waals surface area contributed by atoms with Crippen molar-refractivity contribution in [3.8, 4) is 0 Å². The molecule has 2 aliphatic rings. The van der Waals surface area contributed by atoms with Crippen LogP contribution in [0.15, 0.2) is 4.99 Å². The highest BCUT2D eigenvalue weighted by Gasteiger charge is 2.36. The van der Waals surface area contributed by atoms with Crippen molar-refractivity contribution in [1.29, 1.82) is 0 Å². The van der Waals surface area contributed by atoms with Gasteiger partial charge in [0.25, 0.3) is 0 Å². The third kappa shape index (κ3) is 1.86. The third-order valence-corrected chi connectivity index (χ3v) is 3.16. The number of aliphatic imine (C=N–C) groups is 1. The van der Waals surface area contributed by atoms with Gasteiger partial charge in [0, 0.05) is 0 Å². The summed E-state index contributed by atoms with van der Waals surface area (Å²) >= 11 is 0. The summed E-state index contributed by atoms with van der Waals surface area (Å²) in [4.78, 5) is 26.2. The Morgan fingerprint density at radius 2 is 1.87 bits per heavy atom. The summed E-state index contributed by atoms with van der Waals surface area (Å²) in [7, 11) is 0. The highest BCUT2D eigenvalue weighted by Crippen LogP contribution is 2.39. The van der Waals surface area contributed by atoms with Crippen LogP contribution in [0, 0.1) is 5.41 Å². The smallest absolute Gasteiger partial charge is 0.288 e. The van der Waals surface area contributed by atoms with Gasteiger partial charge in [0.15, 0.2) is 0 Å². The fourth-order valence-electron chi connectivity index (χ4n) is 2.13. The van der Waals surface area contributed by atoms with Crippen molar-refractivity contribution in [3.63, 3.8) is 0 Å². The van der Waals surface area contributed by atoms with Gasteiger partial charge >= 0.3 is 11.8 Å². The maximum Gasteiger partial charge on any atom is 0.316 e. The molecule has 1 aliphatic heterocycles. The Balaban J connectivity index is 2.11. The molecule has 0 bridgehead atoms. The molecule has 2 amide bonds. The minimum Gasteiger partial charge on any atom is -0.288 e. The predicted molar refractivity (Wildman–Crippen MR) is 55.1 cm³/mol. The maximum absolute atomic E-state index is 10.9. The van der Waals surface area contributed by atoms with Gasteiger partial charge in [-0.1, -0.05) is 20.3 Å². The summed E-state index contributed by atoms with van der Waals surface area (Å²) in [6, 6.07) is 0.186. The normalized spacial score (nSPS) is 28.9. The minimum absolute atomic E-state index is 0.158. The molecule has 2 N–H and O–H groups in total. The van der Waals surface area contributed by atoms with E-state index in [4.69, 9.17) is 0 Å². The minimum atomic E-state index is -0.621. The third-order valence-electron chi connectivity index (χ3n) is 3.16. The molecule has 1 aliphatic carbocycles. The number of nitrogens with zero attached hydrogens (tertiary/aromatic N) is 1. The van der Waals surface area contributed by atoms with Crippen LogP contribution in [0.3, 0.4) is 0 Å². The summed E-state index contributed by atoms with van der Waals surface area (Å²) < 4.78 is 0. The number of carbonyl (C=O) groups is 2. The first-order chi connectivity index (χ1) is 6.99. The van der Waals surface area contributed by atoms with Crippen molar-refractivity contribution in [1.82, 2.24) is 10.6 Å². The van der Waals surface area contributed by atoms with Crippen LogP contribution in [0.1, 0.15) is 33.1 Å². The number of carbonyl (C=O) groups excluding carboxylic acids is 2. The quantitative estimate of drug-likeness (QED) is 0.604. The van der Waals surface area contributed by atoms with Gasteiger partial charge in [-0.15, -0.1) is 0 Å². The van der Waals surface area contributed by atoms with Crippen molar-refractivity contribution in [3.05, 3.63) is 0 Å². The molecule has 1 heterocycles. The van der Waals surface area contributed by atoms with Gasteiger partial charge in [0.2, 0.25) is 5.96 Å². The standard InChI is InChI=1S/C10H15N3O2/c1-10(2)5-3-4-6(10)11-9-12-7(14)8(15)13-9/h6H,3-5H2,1-2H3,(H2,11,12,13,14,15). The molecule has 1 saturated heterocycles. The Bertz CT molecular complexity index is 329. The summed E-state index contributed by atoms with van der Waals surface area (Å²) in [6.07, 6.45) is 3.30. The van der Waals surface area contributed by atoms with E-state index in [-0.39, 0.29) is 11.5 Å². The van der Waals surface area contributed by atoms with Crippen molar-refractivity contribution in [2.45, 2.75) is 39.2 Å². The van der Waals surface area contributed by atoms with Crippen LogP contribution in [-0.2, 0) is 9.59 Å². The van der Waals surface area contributed by atoms with E-state index in [2.05, 4.69) is 29.5 Å². The molecule has 5 heteroatoms. The molecule has 5 nitrogen and oxygen atoms in total. The van der Waals surface area contributed by atoms with Gasteiger partial charge in [-0.3, -0.25) is 20.2 Å². The zero-order chi connectivity index (χ0) is 11.1. The number of rotatable bonds is 1. The lowest BCUT2D eigenvalue weighted by Crippen LogP contribution is -2.31. The molecule has 1 unspecified atom stereocenters. The monoisotopic (exact) mass is 209 g/mol. The molecule has 15 heavy (non-hydrogen) atoms. The van der Waals surface area contributed by atoms with E-state index >= 15 is 0 Å². The second kappa shape index (κ2) is 3.32. The predicted octanol–water partition coefficient (Wildman–Crippen LogP) is 0.167. The van der Waals surface area contributed by atoms with E-state index < -0.39 is 11.8 Å². The average Bonchev–Trinajstić information content (AvgIpc) is 2.59. The van der Waals surface area contributed by atoms with Gasteiger partial charge < -0.3 is 0 Å².